The number of hydrogen-bond donors (Lipinski definition) is 1. The first kappa shape index (κ1) is 24.3. The number of nitrogens with one attached hydrogen (secondary N) is 1. The summed E-state index contributed by atoms with van der Waals surface area (Å²) < 4.78 is 9.24. The first-order valence-electron chi connectivity index (χ1n) is 8.21. The first-order chi connectivity index (χ1) is 12.9. The van der Waals surface area contributed by atoms with E-state index in [2.05, 4.69) is 10.1 Å². The highest BCUT2D eigenvalue weighted by Gasteiger charge is 2.07. The summed E-state index contributed by atoms with van der Waals surface area (Å²) >= 11 is 6.17. The molecular formula is C18H26ClN3O5. The van der Waals surface area contributed by atoms with Crippen LogP contribution in [0.3, 0.4) is 0 Å². The Labute approximate surface area is 164 Å². The molecule has 150 valence electrons. The molecule has 0 aliphatic rings. The van der Waals surface area contributed by atoms with Crippen LogP contribution in [0.2, 0.25) is 5.02 Å². The Bertz CT molecular complexity index is 625. The van der Waals surface area contributed by atoms with Crippen molar-refractivity contribution in [3.63, 3.8) is 0 Å². The van der Waals surface area contributed by atoms with E-state index in [0.717, 1.165) is 5.69 Å². The summed E-state index contributed by atoms with van der Waals surface area (Å²) in [7, 11) is 3.36. The van der Waals surface area contributed by atoms with Crippen molar-refractivity contribution in [2.24, 2.45) is 0 Å². The predicted octanol–water partition coefficient (Wildman–Crippen LogP) is 2.03. The van der Waals surface area contributed by atoms with Crippen molar-refractivity contribution in [2.75, 3.05) is 38.8 Å². The second-order valence-electron chi connectivity index (χ2n) is 5.01. The zero-order valence-corrected chi connectivity index (χ0v) is 16.7. The molecule has 1 aromatic carbocycles. The molecule has 0 radical (unpaired) electrons. The molecule has 0 bridgehead atoms. The van der Waals surface area contributed by atoms with Crippen LogP contribution in [0.15, 0.2) is 30.6 Å². The van der Waals surface area contributed by atoms with E-state index in [1.165, 1.54) is 11.1 Å². The molecule has 0 atom stereocenters. The Balaban J connectivity index is 0.00000119. The molecule has 0 fully saturated rings. The maximum Gasteiger partial charge on any atom is 0.293 e. The molecule has 0 unspecified atom stereocenters. The zero-order valence-electron chi connectivity index (χ0n) is 16.0. The molecule has 8 nitrogen and oxygen atoms in total. The van der Waals surface area contributed by atoms with Crippen LogP contribution in [0.5, 0.6) is 5.75 Å². The van der Waals surface area contributed by atoms with E-state index in [9.17, 15) is 14.4 Å². The van der Waals surface area contributed by atoms with Gasteiger partial charge in [0.15, 0.2) is 0 Å². The van der Waals surface area contributed by atoms with Gasteiger partial charge in [-0.25, -0.2) is 0 Å². The number of methoxy groups -OCH3 is 1. The van der Waals surface area contributed by atoms with Crippen molar-refractivity contribution in [1.82, 2.24) is 10.2 Å². The fraction of sp³-hybridized carbons (Fsp3) is 0.389. The molecule has 0 aromatic heterocycles. The largest absolute Gasteiger partial charge is 0.497 e. The van der Waals surface area contributed by atoms with E-state index >= 15 is 0 Å². The number of amides is 2. The normalized spacial score (nSPS) is 9.67. The van der Waals surface area contributed by atoms with Crippen LogP contribution in [-0.2, 0) is 19.1 Å². The van der Waals surface area contributed by atoms with Gasteiger partial charge in [0.2, 0.25) is 12.3 Å². The Kier molecular flexibility index (Phi) is 13.0. The Morgan fingerprint density at radius 3 is 2.41 bits per heavy atom. The number of nitrogens with zero attached hydrogens (tertiary/aromatic N) is 2. The van der Waals surface area contributed by atoms with Gasteiger partial charge in [0, 0.05) is 32.1 Å². The Morgan fingerprint density at radius 1 is 1.26 bits per heavy atom. The van der Waals surface area contributed by atoms with Crippen molar-refractivity contribution in [3.8, 4) is 5.75 Å². The molecule has 0 aliphatic carbocycles. The zero-order chi connectivity index (χ0) is 20.7. The smallest absolute Gasteiger partial charge is 0.293 e. The molecule has 0 saturated carbocycles. The number of benzene rings is 1. The molecule has 0 saturated heterocycles. The molecule has 2 amide bonds. The van der Waals surface area contributed by atoms with Crippen LogP contribution < -0.4 is 15.0 Å². The second kappa shape index (κ2) is 14.4. The average Bonchev–Trinajstić information content (AvgIpc) is 2.66. The van der Waals surface area contributed by atoms with E-state index in [1.54, 1.807) is 50.4 Å². The second-order valence-corrected chi connectivity index (χ2v) is 5.42. The lowest BCUT2D eigenvalue weighted by molar-refractivity contribution is -0.128. The minimum absolute atomic E-state index is 0.0297. The Hall–Kier alpha value is -2.74. The molecule has 0 spiro atoms. The van der Waals surface area contributed by atoms with E-state index in [4.69, 9.17) is 16.3 Å². The number of likely N-dealkylation sites (N-methyl/N-ethyl adjacent to an activating group) is 1. The van der Waals surface area contributed by atoms with Gasteiger partial charge in [0.25, 0.3) is 6.47 Å². The van der Waals surface area contributed by atoms with Crippen molar-refractivity contribution < 1.29 is 23.9 Å². The topological polar surface area (TPSA) is 88.2 Å². The third kappa shape index (κ3) is 10.1. The minimum Gasteiger partial charge on any atom is -0.497 e. The molecule has 0 aliphatic heterocycles. The van der Waals surface area contributed by atoms with Crippen LogP contribution in [0.4, 0.5) is 5.69 Å². The third-order valence-electron chi connectivity index (χ3n) is 3.09. The van der Waals surface area contributed by atoms with Gasteiger partial charge in [-0.2, -0.15) is 0 Å². The molecule has 1 rings (SSSR count). The Morgan fingerprint density at radius 2 is 1.96 bits per heavy atom. The van der Waals surface area contributed by atoms with Gasteiger partial charge in [-0.3, -0.25) is 14.4 Å². The average molecular weight is 400 g/mol. The molecular weight excluding hydrogens is 374 g/mol. The number of carbonyl (C=O) groups is 3. The van der Waals surface area contributed by atoms with Gasteiger partial charge in [0.1, 0.15) is 12.3 Å². The quantitative estimate of drug-likeness (QED) is 0.605. The van der Waals surface area contributed by atoms with E-state index in [-0.39, 0.29) is 12.5 Å². The summed E-state index contributed by atoms with van der Waals surface area (Å²) in [6, 6.07) is 5.30. The third-order valence-corrected chi connectivity index (χ3v) is 3.39. The number of carbonyl (C=O) groups excluding carboxylic acids is 3. The molecule has 1 N–H and O–H groups in total. The molecule has 27 heavy (non-hydrogen) atoms. The van der Waals surface area contributed by atoms with Gasteiger partial charge in [-0.1, -0.05) is 11.6 Å². The molecule has 1 aromatic rings. The van der Waals surface area contributed by atoms with Crippen molar-refractivity contribution in [3.05, 3.63) is 35.6 Å². The monoisotopic (exact) mass is 399 g/mol. The van der Waals surface area contributed by atoms with Gasteiger partial charge in [-0.15, -0.1) is 0 Å². The van der Waals surface area contributed by atoms with Crippen LogP contribution in [0, 0.1) is 0 Å². The highest BCUT2D eigenvalue weighted by Crippen LogP contribution is 2.29. The van der Waals surface area contributed by atoms with Crippen molar-refractivity contribution in [1.29, 1.82) is 0 Å². The molecule has 0 heterocycles. The van der Waals surface area contributed by atoms with E-state index in [1.807, 2.05) is 6.92 Å². The lowest BCUT2D eigenvalue weighted by Crippen LogP contribution is -2.34. The first-order valence-corrected chi connectivity index (χ1v) is 8.58. The maximum absolute atomic E-state index is 11.5. The van der Waals surface area contributed by atoms with Gasteiger partial charge in [0.05, 0.1) is 24.4 Å². The lowest BCUT2D eigenvalue weighted by atomic mass is 10.3. The van der Waals surface area contributed by atoms with E-state index < -0.39 is 0 Å². The number of rotatable bonds is 10. The number of hydrogen-bond acceptors (Lipinski definition) is 6. The SMILES string of the molecule is CCNC(=O)CN(C=O)/C=C\N(C)c1ccc(OC)cc1Cl.CCOC=O. The highest BCUT2D eigenvalue weighted by atomic mass is 35.5. The minimum atomic E-state index is -0.218. The van der Waals surface area contributed by atoms with Crippen molar-refractivity contribution >= 4 is 36.1 Å². The predicted molar refractivity (Wildman–Crippen MR) is 105 cm³/mol. The van der Waals surface area contributed by atoms with Crippen LogP contribution in [0.1, 0.15) is 13.8 Å². The number of anilines is 1. The summed E-state index contributed by atoms with van der Waals surface area (Å²) in [6.45, 7) is 4.98. The number of ether oxygens (including phenoxy) is 2. The van der Waals surface area contributed by atoms with Gasteiger partial charge in [-0.05, 0) is 26.0 Å². The maximum atomic E-state index is 11.5. The summed E-state index contributed by atoms with van der Waals surface area (Å²) in [5.41, 5.74) is 0.752. The van der Waals surface area contributed by atoms with Crippen LogP contribution in [0.25, 0.3) is 0 Å². The van der Waals surface area contributed by atoms with E-state index in [0.29, 0.717) is 36.8 Å². The van der Waals surface area contributed by atoms with Crippen LogP contribution in [-0.4, -0.2) is 57.5 Å². The fourth-order valence-corrected chi connectivity index (χ4v) is 2.08. The summed E-state index contributed by atoms with van der Waals surface area (Å²) in [5, 5.41) is 3.15. The summed E-state index contributed by atoms with van der Waals surface area (Å²) in [4.78, 5) is 34.6. The number of halogens is 1. The van der Waals surface area contributed by atoms with Gasteiger partial charge < -0.3 is 24.6 Å². The lowest BCUT2D eigenvalue weighted by Gasteiger charge is -2.18. The van der Waals surface area contributed by atoms with Crippen LogP contribution >= 0.6 is 11.6 Å². The molecule has 9 heteroatoms. The standard InChI is InChI=1S/C15H20ClN3O3.C3H6O2/c1-4-17-15(21)10-19(11-20)8-7-18(2)14-6-5-12(22-3)9-13(14)16;1-2-5-3-4/h5-9,11H,4,10H2,1-3H3,(H,17,21);3H,2H2,1H3/b8-7-;. The highest BCUT2D eigenvalue weighted by molar-refractivity contribution is 6.33. The van der Waals surface area contributed by atoms with Crippen molar-refractivity contribution in [2.45, 2.75) is 13.8 Å². The summed E-state index contributed by atoms with van der Waals surface area (Å²) in [6.07, 6.45) is 3.76. The van der Waals surface area contributed by atoms with Gasteiger partial charge >= 0.3 is 0 Å². The summed E-state index contributed by atoms with van der Waals surface area (Å²) in [5.74, 6) is 0.446. The fourth-order valence-electron chi connectivity index (χ4n) is 1.78.